The van der Waals surface area contributed by atoms with Gasteiger partial charge >= 0.3 is 0 Å². The van der Waals surface area contributed by atoms with Crippen molar-refractivity contribution in [2.45, 2.75) is 25.7 Å². The summed E-state index contributed by atoms with van der Waals surface area (Å²) < 4.78 is 39.2. The number of sulfonamides is 1. The summed E-state index contributed by atoms with van der Waals surface area (Å²) in [5, 5.41) is 3.03. The van der Waals surface area contributed by atoms with E-state index in [4.69, 9.17) is 21.1 Å². The Hall–Kier alpha value is -3.23. The molecule has 3 aromatic rings. The first-order valence-corrected chi connectivity index (χ1v) is 12.3. The fourth-order valence-electron chi connectivity index (χ4n) is 3.38. The third-order valence-corrected chi connectivity index (χ3v) is 7.48. The maximum absolute atomic E-state index is 13.8. The van der Waals surface area contributed by atoms with Crippen LogP contribution in [-0.4, -0.2) is 35.1 Å². The molecule has 0 fully saturated rings. The number of anilines is 2. The van der Waals surface area contributed by atoms with E-state index >= 15 is 0 Å². The number of hydrogen-bond donors (Lipinski definition) is 1. The number of aryl methyl sites for hydroxylation is 3. The van der Waals surface area contributed by atoms with Gasteiger partial charge < -0.3 is 14.8 Å². The standard InChI is InChI=1S/C25H27ClN2O5S/c1-16-6-10-23(33-5)24(12-16)34(30,31)28(20-9-7-17(2)18(3)13-20)15-25(29)27-19-8-11-22(32-4)21(26)14-19/h6-14H,15H2,1-5H3,(H,27,29). The van der Waals surface area contributed by atoms with Crippen LogP contribution < -0.4 is 19.1 Å². The van der Waals surface area contributed by atoms with E-state index in [-0.39, 0.29) is 10.6 Å². The first-order chi connectivity index (χ1) is 16.1. The highest BCUT2D eigenvalue weighted by Crippen LogP contribution is 2.32. The van der Waals surface area contributed by atoms with Crippen molar-refractivity contribution in [1.82, 2.24) is 0 Å². The van der Waals surface area contributed by atoms with Crippen molar-refractivity contribution in [2.75, 3.05) is 30.4 Å². The van der Waals surface area contributed by atoms with Crippen molar-refractivity contribution in [3.8, 4) is 11.5 Å². The lowest BCUT2D eigenvalue weighted by molar-refractivity contribution is -0.114. The lowest BCUT2D eigenvalue weighted by atomic mass is 10.1. The van der Waals surface area contributed by atoms with E-state index in [1.807, 2.05) is 19.9 Å². The number of halogens is 1. The first-order valence-electron chi connectivity index (χ1n) is 10.4. The van der Waals surface area contributed by atoms with Crippen LogP contribution >= 0.6 is 11.6 Å². The number of benzene rings is 3. The molecule has 7 nitrogen and oxygen atoms in total. The van der Waals surface area contributed by atoms with Gasteiger partial charge in [-0.2, -0.15) is 0 Å². The van der Waals surface area contributed by atoms with Crippen molar-refractivity contribution >= 4 is 38.9 Å². The minimum atomic E-state index is -4.15. The number of hydrogen-bond acceptors (Lipinski definition) is 5. The van der Waals surface area contributed by atoms with Crippen molar-refractivity contribution in [1.29, 1.82) is 0 Å². The Morgan fingerprint density at radius 2 is 1.59 bits per heavy atom. The lowest BCUT2D eigenvalue weighted by Crippen LogP contribution is -2.38. The van der Waals surface area contributed by atoms with Crippen LogP contribution in [0.4, 0.5) is 11.4 Å². The predicted molar refractivity (Wildman–Crippen MR) is 135 cm³/mol. The summed E-state index contributed by atoms with van der Waals surface area (Å²) in [5.41, 5.74) is 3.44. The molecule has 3 rings (SSSR count). The molecule has 1 amide bonds. The molecule has 0 radical (unpaired) electrons. The SMILES string of the molecule is COc1ccc(NC(=O)CN(c2ccc(C)c(C)c2)S(=O)(=O)c2cc(C)ccc2OC)cc1Cl. The number of methoxy groups -OCH3 is 2. The third-order valence-electron chi connectivity index (χ3n) is 5.39. The Balaban J connectivity index is 2.02. The second kappa shape index (κ2) is 10.4. The quantitative estimate of drug-likeness (QED) is 0.462. The molecular formula is C25H27ClN2O5S. The lowest BCUT2D eigenvalue weighted by Gasteiger charge is -2.26. The Labute approximate surface area is 205 Å². The van der Waals surface area contributed by atoms with Gasteiger partial charge in [-0.3, -0.25) is 9.10 Å². The van der Waals surface area contributed by atoms with Crippen molar-refractivity contribution in [3.05, 3.63) is 76.3 Å². The summed E-state index contributed by atoms with van der Waals surface area (Å²) in [4.78, 5) is 13.0. The van der Waals surface area contributed by atoms with Gasteiger partial charge in [0.25, 0.3) is 10.0 Å². The van der Waals surface area contributed by atoms with E-state index in [0.717, 1.165) is 21.0 Å². The number of nitrogens with zero attached hydrogens (tertiary/aromatic N) is 1. The molecule has 0 unspecified atom stereocenters. The van der Waals surface area contributed by atoms with Gasteiger partial charge in [0.05, 0.1) is 24.9 Å². The fraction of sp³-hybridized carbons (Fsp3) is 0.240. The van der Waals surface area contributed by atoms with Gasteiger partial charge in [0.15, 0.2) is 0 Å². The largest absolute Gasteiger partial charge is 0.495 e. The summed E-state index contributed by atoms with van der Waals surface area (Å²) >= 11 is 6.15. The highest BCUT2D eigenvalue weighted by molar-refractivity contribution is 7.93. The van der Waals surface area contributed by atoms with Gasteiger partial charge in [0.1, 0.15) is 22.9 Å². The molecule has 0 atom stereocenters. The topological polar surface area (TPSA) is 84.9 Å². The Bertz CT molecular complexity index is 1320. The second-order valence-corrected chi connectivity index (χ2v) is 10.1. The molecule has 1 N–H and O–H groups in total. The molecule has 0 heterocycles. The molecule has 0 saturated heterocycles. The Kier molecular flexibility index (Phi) is 7.74. The van der Waals surface area contributed by atoms with Gasteiger partial charge in [0, 0.05) is 5.69 Å². The minimum Gasteiger partial charge on any atom is -0.495 e. The fourth-order valence-corrected chi connectivity index (χ4v) is 5.29. The monoisotopic (exact) mass is 502 g/mol. The van der Waals surface area contributed by atoms with Crippen LogP contribution in [0.15, 0.2) is 59.5 Å². The molecule has 0 spiro atoms. The molecule has 0 bridgehead atoms. The highest BCUT2D eigenvalue weighted by atomic mass is 35.5. The van der Waals surface area contributed by atoms with Gasteiger partial charge in [0.2, 0.25) is 5.91 Å². The summed E-state index contributed by atoms with van der Waals surface area (Å²) in [7, 11) is -1.26. The number of amides is 1. The number of ether oxygens (including phenoxy) is 2. The average Bonchev–Trinajstić information content (AvgIpc) is 2.79. The van der Waals surface area contributed by atoms with E-state index in [9.17, 15) is 13.2 Å². The number of rotatable bonds is 8. The number of nitrogens with one attached hydrogen (secondary N) is 1. The van der Waals surface area contributed by atoms with E-state index < -0.39 is 22.5 Å². The third kappa shape index (κ3) is 5.46. The second-order valence-electron chi connectivity index (χ2n) is 7.83. The van der Waals surface area contributed by atoms with Gasteiger partial charge in [-0.05, 0) is 79.9 Å². The van der Waals surface area contributed by atoms with Crippen LogP contribution in [0.2, 0.25) is 5.02 Å². The van der Waals surface area contributed by atoms with Crippen LogP contribution in [0, 0.1) is 20.8 Å². The maximum atomic E-state index is 13.8. The van der Waals surface area contributed by atoms with Crippen LogP contribution in [0.25, 0.3) is 0 Å². The van der Waals surface area contributed by atoms with Crippen LogP contribution in [0.3, 0.4) is 0 Å². The smallest absolute Gasteiger partial charge is 0.268 e. The van der Waals surface area contributed by atoms with Gasteiger partial charge in [-0.25, -0.2) is 8.42 Å². The summed E-state index contributed by atoms with van der Waals surface area (Å²) in [6.07, 6.45) is 0. The number of carbonyl (C=O) groups excluding carboxylic acids is 1. The van der Waals surface area contributed by atoms with Gasteiger partial charge in [-0.15, -0.1) is 0 Å². The molecule has 0 aliphatic heterocycles. The van der Waals surface area contributed by atoms with E-state index in [1.54, 1.807) is 43.3 Å². The molecule has 9 heteroatoms. The van der Waals surface area contributed by atoms with E-state index in [0.29, 0.717) is 22.1 Å². The minimum absolute atomic E-state index is 0.0199. The zero-order valence-corrected chi connectivity index (χ0v) is 21.3. The van der Waals surface area contributed by atoms with E-state index in [1.165, 1.54) is 26.4 Å². The molecule has 34 heavy (non-hydrogen) atoms. The van der Waals surface area contributed by atoms with E-state index in [2.05, 4.69) is 5.32 Å². The molecule has 0 aliphatic rings. The predicted octanol–water partition coefficient (Wildman–Crippen LogP) is 5.12. The normalized spacial score (nSPS) is 11.1. The molecule has 0 aromatic heterocycles. The summed E-state index contributed by atoms with van der Waals surface area (Å²) in [6, 6.07) is 14.9. The number of carbonyl (C=O) groups is 1. The van der Waals surface area contributed by atoms with Gasteiger partial charge in [-0.1, -0.05) is 23.7 Å². The molecular weight excluding hydrogens is 476 g/mol. The molecule has 180 valence electrons. The summed E-state index contributed by atoms with van der Waals surface area (Å²) in [6.45, 7) is 5.16. The zero-order valence-electron chi connectivity index (χ0n) is 19.7. The van der Waals surface area contributed by atoms with Crippen LogP contribution in [0.5, 0.6) is 11.5 Å². The van der Waals surface area contributed by atoms with Crippen LogP contribution in [0.1, 0.15) is 16.7 Å². The van der Waals surface area contributed by atoms with Crippen molar-refractivity contribution in [3.63, 3.8) is 0 Å². The molecule has 3 aromatic carbocycles. The Morgan fingerprint density at radius 1 is 0.912 bits per heavy atom. The Morgan fingerprint density at radius 3 is 2.21 bits per heavy atom. The highest BCUT2D eigenvalue weighted by Gasteiger charge is 2.30. The summed E-state index contributed by atoms with van der Waals surface area (Å²) in [5.74, 6) is 0.127. The van der Waals surface area contributed by atoms with Crippen LogP contribution in [-0.2, 0) is 14.8 Å². The molecule has 0 aliphatic carbocycles. The molecule has 0 saturated carbocycles. The average molecular weight is 503 g/mol. The maximum Gasteiger partial charge on any atom is 0.268 e. The van der Waals surface area contributed by atoms with Crippen molar-refractivity contribution in [2.24, 2.45) is 0 Å². The van der Waals surface area contributed by atoms with Crippen molar-refractivity contribution < 1.29 is 22.7 Å². The first kappa shape index (κ1) is 25.4. The zero-order chi connectivity index (χ0) is 25.0.